The smallest absolute Gasteiger partial charge is 0.300 e. The molecule has 0 unspecified atom stereocenters. The molecule has 0 saturated heterocycles. The zero-order chi connectivity index (χ0) is 16.5. The maximum Gasteiger partial charge on any atom is 0.300 e. The molecule has 1 aliphatic rings. The van der Waals surface area contributed by atoms with Crippen LogP contribution in [0.4, 0.5) is 0 Å². The zero-order valence-electron chi connectivity index (χ0n) is 13.5. The number of aliphatic hydroxyl groups is 1. The van der Waals surface area contributed by atoms with Crippen LogP contribution in [0.25, 0.3) is 0 Å². The second-order valence-corrected chi connectivity index (χ2v) is 6.14. The van der Waals surface area contributed by atoms with Crippen LogP contribution in [0, 0.1) is 11.8 Å². The topological polar surface area (TPSA) is 77.8 Å². The summed E-state index contributed by atoms with van der Waals surface area (Å²) in [5, 5.41) is 27.3. The highest BCUT2D eigenvalue weighted by molar-refractivity contribution is 5.62. The van der Waals surface area contributed by atoms with Crippen LogP contribution >= 0.6 is 0 Å². The molecule has 22 heavy (non-hydrogen) atoms. The summed E-state index contributed by atoms with van der Waals surface area (Å²) in [5.74, 6) is 0.547. The van der Waals surface area contributed by atoms with Gasteiger partial charge in [-0.25, -0.2) is 0 Å². The molecule has 4 heteroatoms. The standard InChI is InChI=1S/C16H24O2.C2H4O2/c1-2-5-12-6-3-7-13(10-12)16(18)14-8-4-9-15(17)11-14;1-2(3)4/h4,8-9,11-13,16-18H,2-3,5-7,10H2,1H3;1H3,(H,3,4)/t12-,13-,16-;/m0./s1. The number of carboxylic acid groups (broad SMARTS) is 1. The van der Waals surface area contributed by atoms with Gasteiger partial charge >= 0.3 is 0 Å². The molecule has 0 aromatic heterocycles. The lowest BCUT2D eigenvalue weighted by Crippen LogP contribution is -2.21. The van der Waals surface area contributed by atoms with Crippen LogP contribution < -0.4 is 0 Å². The molecule has 3 atom stereocenters. The first kappa shape index (κ1) is 18.5. The number of hydrogen-bond acceptors (Lipinski definition) is 3. The van der Waals surface area contributed by atoms with Gasteiger partial charge in [-0.3, -0.25) is 4.79 Å². The van der Waals surface area contributed by atoms with Crippen molar-refractivity contribution in [3.8, 4) is 5.75 Å². The number of phenols is 1. The van der Waals surface area contributed by atoms with E-state index in [1.807, 2.05) is 6.07 Å². The molecule has 1 aromatic rings. The van der Waals surface area contributed by atoms with Crippen molar-refractivity contribution in [1.29, 1.82) is 0 Å². The molecule has 0 bridgehead atoms. The number of aliphatic hydroxyl groups excluding tert-OH is 1. The number of aromatic hydroxyl groups is 1. The predicted molar refractivity (Wildman–Crippen MR) is 86.7 cm³/mol. The molecular weight excluding hydrogens is 280 g/mol. The normalized spacial score (nSPS) is 22.3. The van der Waals surface area contributed by atoms with Crippen molar-refractivity contribution >= 4 is 5.97 Å². The molecule has 3 N–H and O–H groups in total. The number of phenolic OH excluding ortho intramolecular Hbond substituents is 1. The summed E-state index contributed by atoms with van der Waals surface area (Å²) in [6.45, 7) is 3.31. The van der Waals surface area contributed by atoms with Gasteiger partial charge in [-0.2, -0.15) is 0 Å². The Balaban J connectivity index is 0.000000541. The summed E-state index contributed by atoms with van der Waals surface area (Å²) in [6.07, 6.45) is 6.88. The average molecular weight is 308 g/mol. The molecule has 4 nitrogen and oxygen atoms in total. The van der Waals surface area contributed by atoms with Crippen molar-refractivity contribution in [2.45, 2.75) is 58.5 Å². The van der Waals surface area contributed by atoms with Gasteiger partial charge in [0.05, 0.1) is 6.10 Å². The quantitative estimate of drug-likeness (QED) is 0.781. The summed E-state index contributed by atoms with van der Waals surface area (Å²) in [7, 11) is 0. The molecule has 1 fully saturated rings. The molecule has 0 radical (unpaired) electrons. The van der Waals surface area contributed by atoms with Crippen molar-refractivity contribution in [2.75, 3.05) is 0 Å². The van der Waals surface area contributed by atoms with Gasteiger partial charge in [0.25, 0.3) is 5.97 Å². The number of carboxylic acids is 1. The summed E-state index contributed by atoms with van der Waals surface area (Å²) < 4.78 is 0. The maximum absolute atomic E-state index is 10.4. The van der Waals surface area contributed by atoms with Gasteiger partial charge in [-0.15, -0.1) is 0 Å². The van der Waals surface area contributed by atoms with Crippen molar-refractivity contribution in [2.24, 2.45) is 11.8 Å². The Morgan fingerprint density at radius 2 is 2.05 bits per heavy atom. The summed E-state index contributed by atoms with van der Waals surface area (Å²) in [4.78, 5) is 9.00. The van der Waals surface area contributed by atoms with Gasteiger partial charge in [0.1, 0.15) is 5.75 Å². The van der Waals surface area contributed by atoms with Gasteiger partial charge in [0.15, 0.2) is 0 Å². The molecular formula is C18H28O4. The fraction of sp³-hybridized carbons (Fsp3) is 0.611. The number of rotatable bonds is 4. The van der Waals surface area contributed by atoms with Crippen LogP contribution in [0.5, 0.6) is 5.75 Å². The third-order valence-corrected chi connectivity index (χ3v) is 4.18. The lowest BCUT2D eigenvalue weighted by atomic mass is 9.76. The van der Waals surface area contributed by atoms with Crippen molar-refractivity contribution in [3.05, 3.63) is 29.8 Å². The maximum atomic E-state index is 10.4. The van der Waals surface area contributed by atoms with Crippen LogP contribution in [0.1, 0.15) is 64.0 Å². The van der Waals surface area contributed by atoms with Crippen LogP contribution in [0.2, 0.25) is 0 Å². The lowest BCUT2D eigenvalue weighted by molar-refractivity contribution is -0.134. The van der Waals surface area contributed by atoms with E-state index in [1.165, 1.54) is 25.7 Å². The fourth-order valence-electron chi connectivity index (χ4n) is 3.27. The Hall–Kier alpha value is -1.55. The molecule has 124 valence electrons. The average Bonchev–Trinajstić information content (AvgIpc) is 2.46. The Labute approximate surface area is 132 Å². The third-order valence-electron chi connectivity index (χ3n) is 4.18. The Bertz CT molecular complexity index is 452. The van der Waals surface area contributed by atoms with Gasteiger partial charge in [-0.1, -0.05) is 44.7 Å². The van der Waals surface area contributed by atoms with Gasteiger partial charge in [0.2, 0.25) is 0 Å². The van der Waals surface area contributed by atoms with E-state index in [9.17, 15) is 10.2 Å². The number of carbonyl (C=O) groups is 1. The number of benzene rings is 1. The van der Waals surface area contributed by atoms with Crippen LogP contribution in [-0.4, -0.2) is 21.3 Å². The van der Waals surface area contributed by atoms with Crippen molar-refractivity contribution < 1.29 is 20.1 Å². The van der Waals surface area contributed by atoms with Gasteiger partial charge in [0, 0.05) is 6.92 Å². The third kappa shape index (κ3) is 6.48. The zero-order valence-corrected chi connectivity index (χ0v) is 13.5. The van der Waals surface area contributed by atoms with E-state index >= 15 is 0 Å². The Kier molecular flexibility index (Phi) is 7.96. The van der Waals surface area contributed by atoms with Gasteiger partial charge < -0.3 is 15.3 Å². The van der Waals surface area contributed by atoms with E-state index < -0.39 is 12.1 Å². The molecule has 1 aromatic carbocycles. The van der Waals surface area contributed by atoms with Crippen molar-refractivity contribution in [1.82, 2.24) is 0 Å². The minimum absolute atomic E-state index is 0.243. The highest BCUT2D eigenvalue weighted by Gasteiger charge is 2.27. The van der Waals surface area contributed by atoms with E-state index in [0.717, 1.165) is 31.2 Å². The minimum atomic E-state index is -0.833. The van der Waals surface area contributed by atoms with Crippen LogP contribution in [0.3, 0.4) is 0 Å². The second kappa shape index (κ2) is 9.46. The molecule has 0 aliphatic heterocycles. The predicted octanol–water partition coefficient (Wildman–Crippen LogP) is 4.12. The van der Waals surface area contributed by atoms with Crippen molar-refractivity contribution in [3.63, 3.8) is 0 Å². The SMILES string of the molecule is CC(=O)O.CCC[C@H]1CCC[C@H]([C@H](O)c2cccc(O)c2)C1. The number of aliphatic carboxylic acids is 1. The second-order valence-electron chi connectivity index (χ2n) is 6.14. The van der Waals surface area contributed by atoms with E-state index in [-0.39, 0.29) is 5.75 Å². The molecule has 1 aliphatic carbocycles. The molecule has 0 heterocycles. The first-order chi connectivity index (χ1) is 10.4. The largest absolute Gasteiger partial charge is 0.508 e. The van der Waals surface area contributed by atoms with Gasteiger partial charge in [-0.05, 0) is 42.4 Å². The summed E-state index contributed by atoms with van der Waals surface area (Å²) in [6, 6.07) is 7.05. The first-order valence-electron chi connectivity index (χ1n) is 8.10. The monoisotopic (exact) mass is 308 g/mol. The summed E-state index contributed by atoms with van der Waals surface area (Å²) in [5.41, 5.74) is 0.858. The highest BCUT2D eigenvalue weighted by Crippen LogP contribution is 2.39. The Morgan fingerprint density at radius 1 is 1.36 bits per heavy atom. The molecule has 0 amide bonds. The first-order valence-corrected chi connectivity index (χ1v) is 8.10. The fourth-order valence-corrected chi connectivity index (χ4v) is 3.27. The molecule has 2 rings (SSSR count). The highest BCUT2D eigenvalue weighted by atomic mass is 16.4. The van der Waals surface area contributed by atoms with E-state index in [1.54, 1.807) is 18.2 Å². The van der Waals surface area contributed by atoms with E-state index in [0.29, 0.717) is 5.92 Å². The van der Waals surface area contributed by atoms with E-state index in [4.69, 9.17) is 9.90 Å². The molecule has 1 saturated carbocycles. The lowest BCUT2D eigenvalue weighted by Gasteiger charge is -2.32. The van der Waals surface area contributed by atoms with E-state index in [2.05, 4.69) is 6.92 Å². The Morgan fingerprint density at radius 3 is 2.64 bits per heavy atom. The molecule has 0 spiro atoms. The van der Waals surface area contributed by atoms with Crippen LogP contribution in [0.15, 0.2) is 24.3 Å². The number of hydrogen-bond donors (Lipinski definition) is 3. The van der Waals surface area contributed by atoms with Crippen LogP contribution in [-0.2, 0) is 4.79 Å². The minimum Gasteiger partial charge on any atom is -0.508 e. The summed E-state index contributed by atoms with van der Waals surface area (Å²) >= 11 is 0.